The second-order valence-electron chi connectivity index (χ2n) is 9.82. The number of pyridine rings is 1. The molecule has 6 rings (SSSR count). The first kappa shape index (κ1) is 22.0. The molecule has 1 fully saturated rings. The first-order valence-electron chi connectivity index (χ1n) is 12.3. The molecule has 1 atom stereocenters. The van der Waals surface area contributed by atoms with Crippen LogP contribution in [0, 0.1) is 6.92 Å². The van der Waals surface area contributed by atoms with E-state index in [-0.39, 0.29) is 11.9 Å². The Morgan fingerprint density at radius 2 is 1.89 bits per heavy atom. The second kappa shape index (κ2) is 8.30. The fraction of sp³-hybridized carbons (Fsp3) is 0.407. The van der Waals surface area contributed by atoms with E-state index < -0.39 is 0 Å². The number of aryl methyl sites for hydroxylation is 2. The third-order valence-corrected chi connectivity index (χ3v) is 7.41. The lowest BCUT2D eigenvalue weighted by Crippen LogP contribution is -2.40. The number of likely N-dealkylation sites (N-methyl/N-ethyl adjacent to an activating group) is 1. The van der Waals surface area contributed by atoms with Crippen molar-refractivity contribution < 1.29 is 9.53 Å². The Bertz CT molecular complexity index is 1450. The van der Waals surface area contributed by atoms with Crippen molar-refractivity contribution in [2.75, 3.05) is 20.3 Å². The van der Waals surface area contributed by atoms with Gasteiger partial charge in [-0.3, -0.25) is 9.48 Å². The lowest BCUT2D eigenvalue weighted by Gasteiger charge is -2.32. The average Bonchev–Trinajstić information content (AvgIpc) is 3.46. The number of hydrogen-bond donors (Lipinski definition) is 0. The van der Waals surface area contributed by atoms with Crippen molar-refractivity contribution in [1.82, 2.24) is 29.2 Å². The monoisotopic (exact) mass is 470 g/mol. The summed E-state index contributed by atoms with van der Waals surface area (Å²) < 4.78 is 9.62. The summed E-state index contributed by atoms with van der Waals surface area (Å²) in [6.07, 6.45) is 5.70. The standard InChI is InChI=1S/C27H30N6O2/c1-16-12-21-20(6-5-7-22(21)29-24(16)19-13-28-32(4)14-19)25-23-15-31(3)27(34)17(2)33(23)26(30-25)18-8-10-35-11-9-18/h5-7,12-14,17-18H,8-11,15H2,1-4H3/t17-/m0/s1. The molecule has 2 aliphatic rings. The lowest BCUT2D eigenvalue weighted by atomic mass is 9.98. The molecule has 35 heavy (non-hydrogen) atoms. The number of nitrogens with zero attached hydrogens (tertiary/aromatic N) is 6. The summed E-state index contributed by atoms with van der Waals surface area (Å²) in [5, 5.41) is 5.39. The molecule has 1 aromatic carbocycles. The lowest BCUT2D eigenvalue weighted by molar-refractivity contribution is -0.135. The summed E-state index contributed by atoms with van der Waals surface area (Å²) in [6, 6.07) is 8.17. The van der Waals surface area contributed by atoms with E-state index in [1.807, 2.05) is 44.4 Å². The van der Waals surface area contributed by atoms with E-state index in [4.69, 9.17) is 14.7 Å². The molecule has 1 saturated heterocycles. The zero-order valence-corrected chi connectivity index (χ0v) is 20.7. The Hall–Kier alpha value is -3.52. The van der Waals surface area contributed by atoms with Gasteiger partial charge in [-0.1, -0.05) is 12.1 Å². The van der Waals surface area contributed by atoms with Crippen LogP contribution in [0.2, 0.25) is 0 Å². The summed E-state index contributed by atoms with van der Waals surface area (Å²) in [5.74, 6) is 1.44. The fourth-order valence-corrected chi connectivity index (χ4v) is 5.60. The summed E-state index contributed by atoms with van der Waals surface area (Å²) in [7, 11) is 3.79. The van der Waals surface area contributed by atoms with Crippen LogP contribution in [0.5, 0.6) is 0 Å². The molecule has 0 bridgehead atoms. The molecule has 0 unspecified atom stereocenters. The van der Waals surface area contributed by atoms with Gasteiger partial charge in [-0.15, -0.1) is 0 Å². The van der Waals surface area contributed by atoms with E-state index in [1.165, 1.54) is 0 Å². The molecular weight excluding hydrogens is 440 g/mol. The highest BCUT2D eigenvalue weighted by Crippen LogP contribution is 2.40. The van der Waals surface area contributed by atoms with Crippen molar-refractivity contribution in [3.8, 4) is 22.5 Å². The average molecular weight is 471 g/mol. The molecule has 180 valence electrons. The molecule has 0 saturated carbocycles. The molecule has 8 heteroatoms. The molecule has 4 aromatic rings. The normalized spacial score (nSPS) is 18.9. The van der Waals surface area contributed by atoms with E-state index in [2.05, 4.69) is 34.8 Å². The number of rotatable bonds is 3. The number of carbonyl (C=O) groups is 1. The zero-order valence-electron chi connectivity index (χ0n) is 20.7. The maximum absolute atomic E-state index is 12.9. The van der Waals surface area contributed by atoms with Gasteiger partial charge in [-0.25, -0.2) is 9.97 Å². The van der Waals surface area contributed by atoms with Crippen molar-refractivity contribution in [1.29, 1.82) is 0 Å². The highest BCUT2D eigenvalue weighted by atomic mass is 16.5. The van der Waals surface area contributed by atoms with Gasteiger partial charge in [-0.05, 0) is 44.4 Å². The van der Waals surface area contributed by atoms with Crippen LogP contribution >= 0.6 is 0 Å². The zero-order chi connectivity index (χ0) is 24.3. The summed E-state index contributed by atoms with van der Waals surface area (Å²) >= 11 is 0. The molecule has 3 aromatic heterocycles. The predicted molar refractivity (Wildman–Crippen MR) is 134 cm³/mol. The van der Waals surface area contributed by atoms with Crippen molar-refractivity contribution in [2.24, 2.45) is 7.05 Å². The fourth-order valence-electron chi connectivity index (χ4n) is 5.60. The molecule has 0 aliphatic carbocycles. The van der Waals surface area contributed by atoms with Crippen molar-refractivity contribution >= 4 is 16.8 Å². The summed E-state index contributed by atoms with van der Waals surface area (Å²) in [6.45, 7) is 6.10. The number of hydrogen-bond acceptors (Lipinski definition) is 5. The molecule has 2 aliphatic heterocycles. The van der Waals surface area contributed by atoms with E-state index in [9.17, 15) is 4.79 Å². The van der Waals surface area contributed by atoms with Crippen LogP contribution in [0.15, 0.2) is 36.7 Å². The minimum atomic E-state index is -0.269. The topological polar surface area (TPSA) is 78.1 Å². The van der Waals surface area contributed by atoms with Gasteiger partial charge in [-0.2, -0.15) is 5.10 Å². The van der Waals surface area contributed by atoms with Gasteiger partial charge in [0.05, 0.1) is 35.3 Å². The molecule has 0 N–H and O–H groups in total. The minimum absolute atomic E-state index is 0.131. The quantitative estimate of drug-likeness (QED) is 0.448. The number of benzene rings is 1. The van der Waals surface area contributed by atoms with Gasteiger partial charge >= 0.3 is 0 Å². The van der Waals surface area contributed by atoms with Gasteiger partial charge < -0.3 is 14.2 Å². The van der Waals surface area contributed by atoms with Gasteiger partial charge in [0, 0.05) is 55.9 Å². The van der Waals surface area contributed by atoms with Crippen molar-refractivity contribution in [2.45, 2.75) is 45.2 Å². The number of imidazole rings is 1. The smallest absolute Gasteiger partial charge is 0.245 e. The Morgan fingerprint density at radius 1 is 1.09 bits per heavy atom. The molecule has 0 spiro atoms. The third kappa shape index (κ3) is 3.55. The van der Waals surface area contributed by atoms with Crippen molar-refractivity contribution in [3.05, 3.63) is 53.7 Å². The SMILES string of the molecule is Cc1cc2c(-c3nc(C4CCOCC4)n4c3CN(C)C(=O)[C@@H]4C)cccc2nc1-c1cnn(C)c1. The number of carbonyl (C=O) groups excluding carboxylic acids is 1. The summed E-state index contributed by atoms with van der Waals surface area (Å²) in [4.78, 5) is 25.0. The molecule has 5 heterocycles. The number of ether oxygens (including phenoxy) is 1. The highest BCUT2D eigenvalue weighted by molar-refractivity contribution is 5.96. The van der Waals surface area contributed by atoms with Crippen LogP contribution in [0.25, 0.3) is 33.4 Å². The Morgan fingerprint density at radius 3 is 2.63 bits per heavy atom. The van der Waals surface area contributed by atoms with Crippen LogP contribution in [-0.2, 0) is 23.1 Å². The van der Waals surface area contributed by atoms with Crippen LogP contribution in [-0.4, -0.2) is 55.4 Å². The molecular formula is C27H30N6O2. The molecule has 0 radical (unpaired) electrons. The van der Waals surface area contributed by atoms with Crippen molar-refractivity contribution in [3.63, 3.8) is 0 Å². The van der Waals surface area contributed by atoms with Crippen LogP contribution < -0.4 is 0 Å². The third-order valence-electron chi connectivity index (χ3n) is 7.41. The Labute approximate surface area is 204 Å². The van der Waals surface area contributed by atoms with Gasteiger partial charge in [0.2, 0.25) is 5.91 Å². The molecule has 1 amide bonds. The summed E-state index contributed by atoms with van der Waals surface area (Å²) in [5.41, 5.74) is 7.09. The van der Waals surface area contributed by atoms with Gasteiger partial charge in [0.15, 0.2) is 0 Å². The largest absolute Gasteiger partial charge is 0.381 e. The number of fused-ring (bicyclic) bond motifs is 2. The minimum Gasteiger partial charge on any atom is -0.381 e. The van der Waals surface area contributed by atoms with Crippen LogP contribution in [0.3, 0.4) is 0 Å². The molecule has 8 nitrogen and oxygen atoms in total. The highest BCUT2D eigenvalue weighted by Gasteiger charge is 2.36. The predicted octanol–water partition coefficient (Wildman–Crippen LogP) is 4.23. The van der Waals surface area contributed by atoms with E-state index in [0.717, 1.165) is 76.6 Å². The van der Waals surface area contributed by atoms with E-state index in [1.54, 1.807) is 4.68 Å². The van der Waals surface area contributed by atoms with E-state index in [0.29, 0.717) is 12.5 Å². The Balaban J connectivity index is 1.55. The van der Waals surface area contributed by atoms with Crippen LogP contribution in [0.4, 0.5) is 0 Å². The second-order valence-corrected chi connectivity index (χ2v) is 9.82. The van der Waals surface area contributed by atoms with E-state index >= 15 is 0 Å². The van der Waals surface area contributed by atoms with Crippen LogP contribution in [0.1, 0.15) is 48.8 Å². The maximum Gasteiger partial charge on any atom is 0.245 e. The number of aromatic nitrogens is 5. The van der Waals surface area contributed by atoms with Gasteiger partial charge in [0.25, 0.3) is 0 Å². The maximum atomic E-state index is 12.9. The first-order chi connectivity index (χ1) is 16.9. The first-order valence-corrected chi connectivity index (χ1v) is 12.3. The Kier molecular flexibility index (Phi) is 5.21. The number of amides is 1. The van der Waals surface area contributed by atoms with Gasteiger partial charge in [0.1, 0.15) is 11.9 Å².